The van der Waals surface area contributed by atoms with Crippen LogP contribution in [0.15, 0.2) is 29.4 Å². The lowest BCUT2D eigenvalue weighted by Gasteiger charge is -2.39. The number of hydrogen-bond donors (Lipinski definition) is 1. The molecule has 8 nitrogen and oxygen atoms in total. The molecule has 2 heterocycles. The van der Waals surface area contributed by atoms with Gasteiger partial charge in [0.05, 0.1) is 7.11 Å². The van der Waals surface area contributed by atoms with Crippen LogP contribution in [0.3, 0.4) is 0 Å². The van der Waals surface area contributed by atoms with Gasteiger partial charge in [0.15, 0.2) is 0 Å². The van der Waals surface area contributed by atoms with Gasteiger partial charge in [0.25, 0.3) is 5.91 Å². The number of piperazine rings is 1. The van der Waals surface area contributed by atoms with E-state index in [4.69, 9.17) is 4.74 Å². The highest BCUT2D eigenvalue weighted by Gasteiger charge is 2.35. The molecule has 0 bridgehead atoms. The zero-order chi connectivity index (χ0) is 18.0. The molecule has 2 aliphatic heterocycles. The van der Waals surface area contributed by atoms with Crippen molar-refractivity contribution in [2.24, 2.45) is 5.10 Å². The summed E-state index contributed by atoms with van der Waals surface area (Å²) in [6.07, 6.45) is 0.531. The maximum Gasteiger partial charge on any atom is 0.270 e. The molecule has 3 amide bonds. The van der Waals surface area contributed by atoms with Crippen LogP contribution in [0.25, 0.3) is 0 Å². The van der Waals surface area contributed by atoms with Gasteiger partial charge in [-0.15, -0.1) is 0 Å². The van der Waals surface area contributed by atoms with Crippen LogP contribution in [0.1, 0.15) is 19.8 Å². The normalized spacial score (nSPS) is 20.9. The highest BCUT2D eigenvalue weighted by atomic mass is 16.5. The number of carbonyl (C=O) groups excluding carboxylic acids is 3. The molecule has 1 atom stereocenters. The largest absolute Gasteiger partial charge is 0.497 e. The predicted octanol–water partition coefficient (Wildman–Crippen LogP) is 0.525. The molecule has 0 saturated carbocycles. The summed E-state index contributed by atoms with van der Waals surface area (Å²) in [6, 6.07) is 7.07. The molecule has 25 heavy (non-hydrogen) atoms. The van der Waals surface area contributed by atoms with Crippen molar-refractivity contribution in [1.29, 1.82) is 0 Å². The number of hydrogen-bond acceptors (Lipinski definition) is 5. The first-order valence-corrected chi connectivity index (χ1v) is 8.10. The van der Waals surface area contributed by atoms with Gasteiger partial charge in [-0.2, -0.15) is 5.10 Å². The number of methoxy groups -OCH3 is 1. The van der Waals surface area contributed by atoms with Crippen molar-refractivity contribution in [2.45, 2.75) is 25.8 Å². The van der Waals surface area contributed by atoms with E-state index in [0.717, 1.165) is 11.4 Å². The quantitative estimate of drug-likeness (QED) is 0.866. The lowest BCUT2D eigenvalue weighted by atomic mass is 10.1. The van der Waals surface area contributed by atoms with Crippen LogP contribution in [0, 0.1) is 0 Å². The van der Waals surface area contributed by atoms with Crippen molar-refractivity contribution in [1.82, 2.24) is 10.3 Å². The Kier molecular flexibility index (Phi) is 4.69. The van der Waals surface area contributed by atoms with Gasteiger partial charge in [-0.3, -0.25) is 14.4 Å². The van der Waals surface area contributed by atoms with Crippen molar-refractivity contribution in [3.05, 3.63) is 24.3 Å². The highest BCUT2D eigenvalue weighted by molar-refractivity contribution is 6.39. The third-order valence-electron chi connectivity index (χ3n) is 4.38. The molecule has 0 spiro atoms. The Morgan fingerprint density at radius 3 is 2.56 bits per heavy atom. The van der Waals surface area contributed by atoms with Crippen LogP contribution in [0.4, 0.5) is 5.69 Å². The Hall–Kier alpha value is -2.90. The van der Waals surface area contributed by atoms with E-state index in [1.807, 2.05) is 19.1 Å². The smallest absolute Gasteiger partial charge is 0.270 e. The Balaban J connectivity index is 1.72. The second-order valence-corrected chi connectivity index (χ2v) is 6.08. The minimum absolute atomic E-state index is 0.0149. The minimum Gasteiger partial charge on any atom is -0.497 e. The number of anilines is 1. The fourth-order valence-electron chi connectivity index (χ4n) is 2.93. The maximum absolute atomic E-state index is 12.6. The van der Waals surface area contributed by atoms with Crippen LogP contribution in [-0.4, -0.2) is 54.6 Å². The van der Waals surface area contributed by atoms with Gasteiger partial charge in [0, 0.05) is 31.1 Å². The zero-order valence-corrected chi connectivity index (χ0v) is 14.2. The summed E-state index contributed by atoms with van der Waals surface area (Å²) in [5, 5.41) is 3.83. The number of nitrogens with zero attached hydrogens (tertiary/aromatic N) is 3. The van der Waals surface area contributed by atoms with E-state index in [9.17, 15) is 14.4 Å². The van der Waals surface area contributed by atoms with Crippen LogP contribution in [0.5, 0.6) is 5.75 Å². The third-order valence-corrected chi connectivity index (χ3v) is 4.38. The van der Waals surface area contributed by atoms with Crippen molar-refractivity contribution < 1.29 is 19.1 Å². The summed E-state index contributed by atoms with van der Waals surface area (Å²) >= 11 is 0. The zero-order valence-electron chi connectivity index (χ0n) is 14.2. The first-order chi connectivity index (χ1) is 12.0. The van der Waals surface area contributed by atoms with Gasteiger partial charge in [0.1, 0.15) is 18.0 Å². The molecule has 0 radical (unpaired) electrons. The van der Waals surface area contributed by atoms with Crippen LogP contribution in [-0.2, 0) is 14.4 Å². The lowest BCUT2D eigenvalue weighted by Crippen LogP contribution is -2.58. The Morgan fingerprint density at radius 1 is 1.24 bits per heavy atom. The number of amides is 3. The lowest BCUT2D eigenvalue weighted by molar-refractivity contribution is -0.134. The summed E-state index contributed by atoms with van der Waals surface area (Å²) in [4.78, 5) is 39.5. The van der Waals surface area contributed by atoms with Crippen molar-refractivity contribution >= 4 is 29.1 Å². The maximum atomic E-state index is 12.6. The number of carbonyl (C=O) groups is 3. The van der Waals surface area contributed by atoms with E-state index >= 15 is 0 Å². The molecule has 0 unspecified atom stereocenters. The van der Waals surface area contributed by atoms with Gasteiger partial charge in [-0.05, 0) is 31.2 Å². The molecule has 1 fully saturated rings. The number of rotatable bonds is 3. The van der Waals surface area contributed by atoms with Crippen LogP contribution < -0.4 is 15.1 Å². The number of nitrogens with one attached hydrogen (secondary N) is 1. The molecule has 2 aliphatic rings. The predicted molar refractivity (Wildman–Crippen MR) is 91.3 cm³/mol. The Bertz CT molecular complexity index is 729. The average molecular weight is 344 g/mol. The van der Waals surface area contributed by atoms with E-state index < -0.39 is 0 Å². The first-order valence-electron chi connectivity index (χ1n) is 8.10. The van der Waals surface area contributed by atoms with E-state index in [2.05, 4.69) is 10.5 Å². The average Bonchev–Trinajstić information content (AvgIpc) is 2.63. The Morgan fingerprint density at radius 2 is 1.96 bits per heavy atom. The molecule has 1 aromatic carbocycles. The molecule has 1 saturated heterocycles. The topological polar surface area (TPSA) is 91.3 Å². The number of hydrazone groups is 1. The molecule has 132 valence electrons. The molecule has 8 heteroatoms. The van der Waals surface area contributed by atoms with Crippen LogP contribution >= 0.6 is 0 Å². The van der Waals surface area contributed by atoms with Gasteiger partial charge < -0.3 is 14.5 Å². The molecular formula is C17H20N4O4. The summed E-state index contributed by atoms with van der Waals surface area (Å²) in [5.74, 6) is 0.0627. The van der Waals surface area contributed by atoms with Gasteiger partial charge in [0.2, 0.25) is 11.8 Å². The molecule has 0 aliphatic carbocycles. The second-order valence-electron chi connectivity index (χ2n) is 6.08. The Labute approximate surface area is 145 Å². The van der Waals surface area contributed by atoms with Gasteiger partial charge in [-0.1, -0.05) is 0 Å². The van der Waals surface area contributed by atoms with Crippen molar-refractivity contribution in [3.8, 4) is 5.75 Å². The van der Waals surface area contributed by atoms with Gasteiger partial charge in [-0.25, -0.2) is 5.43 Å². The minimum atomic E-state index is -0.296. The van der Waals surface area contributed by atoms with E-state index in [1.165, 1.54) is 4.90 Å². The summed E-state index contributed by atoms with van der Waals surface area (Å²) < 4.78 is 5.13. The fourth-order valence-corrected chi connectivity index (χ4v) is 2.93. The molecule has 1 N–H and O–H groups in total. The highest BCUT2D eigenvalue weighted by Crippen LogP contribution is 2.23. The summed E-state index contributed by atoms with van der Waals surface area (Å²) in [6.45, 7) is 2.28. The number of ether oxygens (including phenoxy) is 1. The van der Waals surface area contributed by atoms with E-state index in [0.29, 0.717) is 13.0 Å². The fraction of sp³-hybridized carbons (Fsp3) is 0.412. The first kappa shape index (κ1) is 16.9. The van der Waals surface area contributed by atoms with Crippen molar-refractivity contribution in [3.63, 3.8) is 0 Å². The molecular weight excluding hydrogens is 324 g/mol. The van der Waals surface area contributed by atoms with E-state index in [-0.39, 0.29) is 42.4 Å². The van der Waals surface area contributed by atoms with Gasteiger partial charge >= 0.3 is 0 Å². The molecule has 1 aromatic rings. The van der Waals surface area contributed by atoms with Crippen molar-refractivity contribution in [2.75, 3.05) is 25.1 Å². The number of benzene rings is 1. The second kappa shape index (κ2) is 6.92. The monoisotopic (exact) mass is 344 g/mol. The van der Waals surface area contributed by atoms with Crippen LogP contribution in [0.2, 0.25) is 0 Å². The summed E-state index contributed by atoms with van der Waals surface area (Å²) in [5.41, 5.74) is 3.38. The SMILES string of the molecule is COc1ccc(N2C[C@@H](C)N(C(=O)C3=NNC(=O)CC3)CC2=O)cc1. The van der Waals surface area contributed by atoms with E-state index in [1.54, 1.807) is 24.1 Å². The third kappa shape index (κ3) is 3.47. The molecule has 0 aromatic heterocycles. The molecule has 3 rings (SSSR count). The summed E-state index contributed by atoms with van der Waals surface area (Å²) in [7, 11) is 1.59. The standard InChI is InChI=1S/C17H20N4O4/c1-11-9-21(12-3-5-13(25-2)6-4-12)16(23)10-20(11)17(24)14-7-8-15(22)19-18-14/h3-6,11H,7-10H2,1-2H3,(H,19,22)/t11-/m1/s1.